The summed E-state index contributed by atoms with van der Waals surface area (Å²) in [6.45, 7) is 0. The third-order valence-electron chi connectivity index (χ3n) is 2.32. The molecule has 0 radical (unpaired) electrons. The van der Waals surface area contributed by atoms with Crippen LogP contribution < -0.4 is 5.32 Å². The van der Waals surface area contributed by atoms with Gasteiger partial charge in [0.05, 0.1) is 6.04 Å². The summed E-state index contributed by atoms with van der Waals surface area (Å²) in [6.07, 6.45) is -0.381. The molecule has 0 aromatic heterocycles. The van der Waals surface area contributed by atoms with Gasteiger partial charge >= 0.3 is 0 Å². The van der Waals surface area contributed by atoms with Crippen molar-refractivity contribution in [2.75, 3.05) is 7.11 Å². The summed E-state index contributed by atoms with van der Waals surface area (Å²) < 4.78 is 5.05. The maximum Gasteiger partial charge on any atom is 0.252 e. The highest BCUT2D eigenvalue weighted by Crippen LogP contribution is 2.28. The number of hydrogen-bond acceptors (Lipinski definition) is 2. The van der Waals surface area contributed by atoms with Gasteiger partial charge in [-0.2, -0.15) is 0 Å². The fourth-order valence-corrected chi connectivity index (χ4v) is 1.77. The minimum absolute atomic E-state index is 0.0637. The second kappa shape index (κ2) is 3.59. The van der Waals surface area contributed by atoms with Gasteiger partial charge in [-0.05, 0) is 17.7 Å². The molecule has 1 fully saturated rings. The SMILES string of the molecule is COC1C(=O)NC1c1cccc(Cl)c1. The van der Waals surface area contributed by atoms with E-state index in [2.05, 4.69) is 5.32 Å². The molecule has 0 saturated carbocycles. The van der Waals surface area contributed by atoms with Crippen LogP contribution in [-0.2, 0) is 9.53 Å². The molecule has 1 aromatic carbocycles. The Labute approximate surface area is 87.0 Å². The van der Waals surface area contributed by atoms with Gasteiger partial charge in [-0.15, -0.1) is 0 Å². The van der Waals surface area contributed by atoms with Gasteiger partial charge in [-0.1, -0.05) is 23.7 Å². The van der Waals surface area contributed by atoms with E-state index in [1.54, 1.807) is 6.07 Å². The van der Waals surface area contributed by atoms with Crippen LogP contribution in [-0.4, -0.2) is 19.1 Å². The molecule has 0 bridgehead atoms. The van der Waals surface area contributed by atoms with Crippen LogP contribution >= 0.6 is 11.6 Å². The lowest BCUT2D eigenvalue weighted by Crippen LogP contribution is -2.56. The number of halogens is 1. The summed E-state index contributed by atoms with van der Waals surface area (Å²) in [4.78, 5) is 11.1. The molecule has 1 aliphatic rings. The summed E-state index contributed by atoms with van der Waals surface area (Å²) >= 11 is 5.84. The number of carbonyl (C=O) groups is 1. The van der Waals surface area contributed by atoms with E-state index >= 15 is 0 Å². The van der Waals surface area contributed by atoms with E-state index in [1.165, 1.54) is 7.11 Å². The summed E-state index contributed by atoms with van der Waals surface area (Å²) in [7, 11) is 1.53. The number of carbonyl (C=O) groups excluding carboxylic acids is 1. The Morgan fingerprint density at radius 1 is 1.50 bits per heavy atom. The Bertz CT molecular complexity index is 367. The molecular weight excluding hydrogens is 202 g/mol. The van der Waals surface area contributed by atoms with E-state index in [9.17, 15) is 4.79 Å². The monoisotopic (exact) mass is 211 g/mol. The van der Waals surface area contributed by atoms with Crippen LogP contribution in [0.3, 0.4) is 0 Å². The second-order valence-electron chi connectivity index (χ2n) is 3.20. The van der Waals surface area contributed by atoms with Crippen LogP contribution in [0.4, 0.5) is 0 Å². The van der Waals surface area contributed by atoms with E-state index in [1.807, 2.05) is 18.2 Å². The molecule has 2 unspecified atom stereocenters. The lowest BCUT2D eigenvalue weighted by atomic mass is 9.94. The number of amides is 1. The Morgan fingerprint density at radius 3 is 2.86 bits per heavy atom. The summed E-state index contributed by atoms with van der Waals surface area (Å²) in [5.74, 6) is -0.0718. The predicted octanol–water partition coefficient (Wildman–Crippen LogP) is 1.53. The topological polar surface area (TPSA) is 38.3 Å². The number of hydrogen-bond donors (Lipinski definition) is 1. The van der Waals surface area contributed by atoms with Crippen molar-refractivity contribution in [3.8, 4) is 0 Å². The Morgan fingerprint density at radius 2 is 2.29 bits per heavy atom. The highest BCUT2D eigenvalue weighted by Gasteiger charge is 2.40. The maximum absolute atomic E-state index is 11.1. The first-order valence-corrected chi connectivity index (χ1v) is 4.69. The summed E-state index contributed by atoms with van der Waals surface area (Å²) in [5.41, 5.74) is 0.976. The molecule has 0 aliphatic carbocycles. The van der Waals surface area contributed by atoms with Crippen molar-refractivity contribution in [3.05, 3.63) is 34.9 Å². The predicted molar refractivity (Wildman–Crippen MR) is 53.1 cm³/mol. The van der Waals surface area contributed by atoms with E-state index in [-0.39, 0.29) is 18.1 Å². The number of methoxy groups -OCH3 is 1. The molecule has 4 heteroatoms. The van der Waals surface area contributed by atoms with Crippen molar-refractivity contribution < 1.29 is 9.53 Å². The zero-order chi connectivity index (χ0) is 10.1. The average Bonchev–Trinajstić information content (AvgIpc) is 2.14. The first-order valence-electron chi connectivity index (χ1n) is 4.31. The van der Waals surface area contributed by atoms with Gasteiger partial charge in [0.15, 0.2) is 6.10 Å². The van der Waals surface area contributed by atoms with Gasteiger partial charge in [0.25, 0.3) is 5.91 Å². The molecule has 3 nitrogen and oxygen atoms in total. The fourth-order valence-electron chi connectivity index (χ4n) is 1.57. The normalized spacial score (nSPS) is 25.4. The van der Waals surface area contributed by atoms with E-state index in [0.29, 0.717) is 5.02 Å². The van der Waals surface area contributed by atoms with Crippen molar-refractivity contribution in [2.45, 2.75) is 12.1 Å². The largest absolute Gasteiger partial charge is 0.369 e. The zero-order valence-electron chi connectivity index (χ0n) is 7.66. The first kappa shape index (κ1) is 9.49. The molecule has 1 saturated heterocycles. The Kier molecular flexibility index (Phi) is 2.44. The van der Waals surface area contributed by atoms with Gasteiger partial charge in [0.2, 0.25) is 0 Å². The van der Waals surface area contributed by atoms with Crippen LogP contribution in [0.15, 0.2) is 24.3 Å². The van der Waals surface area contributed by atoms with E-state index in [0.717, 1.165) is 5.56 Å². The number of ether oxygens (including phenoxy) is 1. The Balaban J connectivity index is 2.20. The highest BCUT2D eigenvalue weighted by atomic mass is 35.5. The molecule has 2 rings (SSSR count). The van der Waals surface area contributed by atoms with E-state index < -0.39 is 0 Å². The number of nitrogens with one attached hydrogen (secondary N) is 1. The lowest BCUT2D eigenvalue weighted by molar-refractivity contribution is -0.145. The minimum Gasteiger partial charge on any atom is -0.369 e. The zero-order valence-corrected chi connectivity index (χ0v) is 8.41. The molecule has 1 aromatic rings. The number of β-lactam (4-membered cyclic amide) rings is 1. The molecule has 1 N–H and O–H groups in total. The van der Waals surface area contributed by atoms with Crippen molar-refractivity contribution in [1.82, 2.24) is 5.32 Å². The van der Waals surface area contributed by atoms with Crippen LogP contribution in [0.5, 0.6) is 0 Å². The quantitative estimate of drug-likeness (QED) is 0.754. The summed E-state index contributed by atoms with van der Waals surface area (Å²) in [6, 6.07) is 7.34. The standard InChI is InChI=1S/C10H10ClNO2/c1-14-9-8(12-10(9)13)6-3-2-4-7(11)5-6/h2-5,8-9H,1H3,(H,12,13). The van der Waals surface area contributed by atoms with Gasteiger partial charge in [0, 0.05) is 12.1 Å². The third-order valence-corrected chi connectivity index (χ3v) is 2.56. The lowest BCUT2D eigenvalue weighted by Gasteiger charge is -2.35. The van der Waals surface area contributed by atoms with Crippen LogP contribution in [0.25, 0.3) is 0 Å². The second-order valence-corrected chi connectivity index (χ2v) is 3.63. The van der Waals surface area contributed by atoms with Gasteiger partial charge in [-0.25, -0.2) is 0 Å². The molecule has 2 atom stereocenters. The van der Waals surface area contributed by atoms with Crippen molar-refractivity contribution in [3.63, 3.8) is 0 Å². The summed E-state index contributed by atoms with van der Waals surface area (Å²) in [5, 5.41) is 3.43. The van der Waals surface area contributed by atoms with Crippen LogP contribution in [0, 0.1) is 0 Å². The first-order chi connectivity index (χ1) is 6.72. The minimum atomic E-state index is -0.381. The van der Waals surface area contributed by atoms with E-state index in [4.69, 9.17) is 16.3 Å². The Hall–Kier alpha value is -1.06. The van der Waals surface area contributed by atoms with Gasteiger partial charge in [-0.3, -0.25) is 4.79 Å². The molecular formula is C10H10ClNO2. The highest BCUT2D eigenvalue weighted by molar-refractivity contribution is 6.30. The smallest absolute Gasteiger partial charge is 0.252 e. The average molecular weight is 212 g/mol. The number of benzene rings is 1. The van der Waals surface area contributed by atoms with Gasteiger partial charge < -0.3 is 10.1 Å². The molecule has 0 spiro atoms. The fraction of sp³-hybridized carbons (Fsp3) is 0.300. The third kappa shape index (κ3) is 1.49. The van der Waals surface area contributed by atoms with Crippen LogP contribution in [0.1, 0.15) is 11.6 Å². The van der Waals surface area contributed by atoms with Crippen molar-refractivity contribution in [2.24, 2.45) is 0 Å². The molecule has 14 heavy (non-hydrogen) atoms. The van der Waals surface area contributed by atoms with Gasteiger partial charge in [0.1, 0.15) is 0 Å². The maximum atomic E-state index is 11.1. The molecule has 1 aliphatic heterocycles. The van der Waals surface area contributed by atoms with Crippen molar-refractivity contribution in [1.29, 1.82) is 0 Å². The number of rotatable bonds is 2. The molecule has 1 heterocycles. The van der Waals surface area contributed by atoms with Crippen molar-refractivity contribution >= 4 is 17.5 Å². The molecule has 1 amide bonds. The molecule has 74 valence electrons. The van der Waals surface area contributed by atoms with Crippen LogP contribution in [0.2, 0.25) is 5.02 Å².